The van der Waals surface area contributed by atoms with Gasteiger partial charge in [-0.3, -0.25) is 4.79 Å². The summed E-state index contributed by atoms with van der Waals surface area (Å²) in [5.74, 6) is 1.30. The topological polar surface area (TPSA) is 77.8 Å². The largest absolute Gasteiger partial charge is 0.481 e. The molecule has 0 spiro atoms. The molecule has 0 heterocycles. The zero-order valence-corrected chi connectivity index (χ0v) is 22.2. The van der Waals surface area contributed by atoms with E-state index in [4.69, 9.17) is 0 Å². The van der Waals surface area contributed by atoms with E-state index in [2.05, 4.69) is 41.2 Å². The molecule has 192 valence electrons. The molecule has 3 N–H and O–H groups in total. The van der Waals surface area contributed by atoms with Crippen LogP contribution in [0.25, 0.3) is 0 Å². The molecule has 5 aliphatic rings. The first-order valence-electron chi connectivity index (χ1n) is 14.0. The van der Waals surface area contributed by atoms with Crippen LogP contribution in [-0.2, 0) is 4.79 Å². The number of aliphatic carboxylic acids is 1. The fraction of sp³-hybridized carbons (Fsp3) is 0.900. The molecule has 0 amide bonds. The van der Waals surface area contributed by atoms with Gasteiger partial charge in [0, 0.05) is 5.41 Å². The van der Waals surface area contributed by atoms with Crippen molar-refractivity contribution >= 4 is 5.97 Å². The monoisotopic (exact) mass is 472 g/mol. The van der Waals surface area contributed by atoms with Gasteiger partial charge >= 0.3 is 5.97 Å². The van der Waals surface area contributed by atoms with Crippen LogP contribution < -0.4 is 0 Å². The molecule has 3 unspecified atom stereocenters. The van der Waals surface area contributed by atoms with E-state index >= 15 is 0 Å². The lowest BCUT2D eigenvalue weighted by molar-refractivity contribution is -0.254. The van der Waals surface area contributed by atoms with Crippen molar-refractivity contribution in [1.82, 2.24) is 0 Å². The average molecular weight is 473 g/mol. The van der Waals surface area contributed by atoms with Gasteiger partial charge in [-0.05, 0) is 117 Å². The molecule has 0 aromatic carbocycles. The highest BCUT2D eigenvalue weighted by Crippen LogP contribution is 2.77. The maximum absolute atomic E-state index is 12.8. The molecule has 0 aromatic rings. The van der Waals surface area contributed by atoms with Gasteiger partial charge in [-0.25, -0.2) is 0 Å². The van der Waals surface area contributed by atoms with Gasteiger partial charge in [0.15, 0.2) is 0 Å². The van der Waals surface area contributed by atoms with Gasteiger partial charge in [-0.1, -0.05) is 39.8 Å². The lowest BCUT2D eigenvalue weighted by Crippen LogP contribution is -2.67. The van der Waals surface area contributed by atoms with Crippen molar-refractivity contribution in [3.05, 3.63) is 12.2 Å². The van der Waals surface area contributed by atoms with Crippen LogP contribution in [0.4, 0.5) is 0 Å². The van der Waals surface area contributed by atoms with Gasteiger partial charge in [-0.2, -0.15) is 0 Å². The lowest BCUT2D eigenvalue weighted by Gasteiger charge is -2.72. The second kappa shape index (κ2) is 7.57. The standard InChI is InChI=1S/C30H48O4/c1-18(2)19-9-14-30(25(33)34)16-15-28(5)20(24(19)30)7-8-22-26(3)12-11-23(32)27(4,17-31)21(26)10-13-29(22,28)6/h19-24,31-32H,1,7-17H2,2-6H3,(H,33,34)/t19-,20?,21+,22?,23-,24?,26-,27-,28+,29+,30-/m0/s1. The zero-order chi connectivity index (χ0) is 24.9. The summed E-state index contributed by atoms with van der Waals surface area (Å²) >= 11 is 0. The van der Waals surface area contributed by atoms with E-state index in [9.17, 15) is 20.1 Å². The van der Waals surface area contributed by atoms with Gasteiger partial charge < -0.3 is 15.3 Å². The van der Waals surface area contributed by atoms with Crippen LogP contribution in [0, 0.1) is 56.7 Å². The number of hydrogen-bond acceptors (Lipinski definition) is 3. The number of carbonyl (C=O) groups is 1. The quantitative estimate of drug-likeness (QED) is 0.436. The molecular weight excluding hydrogens is 424 g/mol. The molecule has 5 aliphatic carbocycles. The predicted octanol–water partition coefficient (Wildman–Crippen LogP) is 6.06. The summed E-state index contributed by atoms with van der Waals surface area (Å²) in [5.41, 5.74) is 0.586. The van der Waals surface area contributed by atoms with Crippen LogP contribution in [0.3, 0.4) is 0 Å². The second-order valence-corrected chi connectivity index (χ2v) is 14.4. The molecule has 5 rings (SSSR count). The molecule has 11 atom stereocenters. The molecule has 5 fully saturated rings. The number of hydrogen-bond donors (Lipinski definition) is 3. The minimum Gasteiger partial charge on any atom is -0.481 e. The maximum Gasteiger partial charge on any atom is 0.309 e. The van der Waals surface area contributed by atoms with Gasteiger partial charge in [0.2, 0.25) is 0 Å². The summed E-state index contributed by atoms with van der Waals surface area (Å²) < 4.78 is 0. The fourth-order valence-corrected chi connectivity index (χ4v) is 11.5. The van der Waals surface area contributed by atoms with Gasteiger partial charge in [0.05, 0.1) is 18.1 Å². The number of rotatable bonds is 3. The Balaban J connectivity index is 1.56. The first-order valence-corrected chi connectivity index (χ1v) is 14.0. The summed E-state index contributed by atoms with van der Waals surface area (Å²) in [6, 6.07) is 0. The number of carboxylic acids is 1. The smallest absolute Gasteiger partial charge is 0.309 e. The Morgan fingerprint density at radius 2 is 1.59 bits per heavy atom. The first-order chi connectivity index (χ1) is 15.8. The minimum atomic E-state index is -0.567. The van der Waals surface area contributed by atoms with Crippen molar-refractivity contribution in [3.63, 3.8) is 0 Å². The summed E-state index contributed by atoms with van der Waals surface area (Å²) in [6.07, 6.45) is 9.43. The zero-order valence-electron chi connectivity index (χ0n) is 22.2. The van der Waals surface area contributed by atoms with Crippen LogP contribution in [0.1, 0.15) is 98.8 Å². The Labute approximate surface area is 206 Å². The number of allylic oxidation sites excluding steroid dienone is 1. The molecule has 4 heteroatoms. The maximum atomic E-state index is 12.8. The third kappa shape index (κ3) is 2.76. The molecule has 0 saturated heterocycles. The Morgan fingerprint density at radius 3 is 2.21 bits per heavy atom. The SMILES string of the molecule is C=C(C)[C@@H]1CC[C@]2(C(=O)O)CC[C@]3(C)C(CCC4[C@@]5(C)CC[C@H](O)[C@@](C)(CO)[C@@H]5CC[C@]43C)C12. The number of aliphatic hydroxyl groups excluding tert-OH is 2. The van der Waals surface area contributed by atoms with Crippen molar-refractivity contribution in [3.8, 4) is 0 Å². The first kappa shape index (κ1) is 24.8. The minimum absolute atomic E-state index is 0.0568. The normalized spacial score (nSPS) is 56.6. The number of fused-ring (bicyclic) bond motifs is 7. The summed E-state index contributed by atoms with van der Waals surface area (Å²) in [6.45, 7) is 16.2. The molecular formula is C30H48O4. The molecule has 0 aliphatic heterocycles. The van der Waals surface area contributed by atoms with Crippen molar-refractivity contribution in [2.24, 2.45) is 56.7 Å². The predicted molar refractivity (Wildman–Crippen MR) is 134 cm³/mol. The molecule has 0 aromatic heterocycles. The summed E-state index contributed by atoms with van der Waals surface area (Å²) in [5, 5.41) is 31.8. The van der Waals surface area contributed by atoms with Gasteiger partial charge in [0.25, 0.3) is 0 Å². The van der Waals surface area contributed by atoms with E-state index < -0.39 is 22.9 Å². The molecule has 5 saturated carbocycles. The second-order valence-electron chi connectivity index (χ2n) is 14.4. The van der Waals surface area contributed by atoms with Gasteiger partial charge in [0.1, 0.15) is 0 Å². The highest BCUT2D eigenvalue weighted by molar-refractivity contribution is 5.76. The Hall–Kier alpha value is -0.870. The van der Waals surface area contributed by atoms with E-state index in [0.29, 0.717) is 23.7 Å². The Bertz CT molecular complexity index is 883. The Morgan fingerprint density at radius 1 is 0.882 bits per heavy atom. The third-order valence-corrected chi connectivity index (χ3v) is 13.6. The Kier molecular flexibility index (Phi) is 5.52. The molecule has 34 heavy (non-hydrogen) atoms. The highest BCUT2D eigenvalue weighted by Gasteiger charge is 2.72. The average Bonchev–Trinajstić information content (AvgIpc) is 3.18. The molecule has 0 bridgehead atoms. The molecule has 0 radical (unpaired) electrons. The van der Waals surface area contributed by atoms with E-state index in [1.54, 1.807) is 0 Å². The fourth-order valence-electron chi connectivity index (χ4n) is 11.5. The van der Waals surface area contributed by atoms with Crippen LogP contribution >= 0.6 is 0 Å². The lowest BCUT2D eigenvalue weighted by atomic mass is 9.32. The van der Waals surface area contributed by atoms with Crippen LogP contribution in [0.2, 0.25) is 0 Å². The van der Waals surface area contributed by atoms with Crippen LogP contribution in [0.5, 0.6) is 0 Å². The number of aliphatic hydroxyl groups is 2. The third-order valence-electron chi connectivity index (χ3n) is 13.6. The van der Waals surface area contributed by atoms with Crippen molar-refractivity contribution in [1.29, 1.82) is 0 Å². The highest BCUT2D eigenvalue weighted by atomic mass is 16.4. The van der Waals surface area contributed by atoms with E-state index in [0.717, 1.165) is 64.2 Å². The van der Waals surface area contributed by atoms with E-state index in [1.165, 1.54) is 5.57 Å². The van der Waals surface area contributed by atoms with Crippen molar-refractivity contribution in [2.75, 3.05) is 6.61 Å². The summed E-state index contributed by atoms with van der Waals surface area (Å²) in [7, 11) is 0. The van der Waals surface area contributed by atoms with Crippen LogP contribution in [0.15, 0.2) is 12.2 Å². The summed E-state index contributed by atoms with van der Waals surface area (Å²) in [4.78, 5) is 12.8. The van der Waals surface area contributed by atoms with Gasteiger partial charge in [-0.15, -0.1) is 0 Å². The van der Waals surface area contributed by atoms with E-state index in [1.807, 2.05) is 0 Å². The van der Waals surface area contributed by atoms with Crippen molar-refractivity contribution < 1.29 is 20.1 Å². The van der Waals surface area contributed by atoms with Crippen molar-refractivity contribution in [2.45, 2.75) is 105 Å². The van der Waals surface area contributed by atoms with Crippen LogP contribution in [-0.4, -0.2) is 34.0 Å². The number of carboxylic acid groups (broad SMARTS) is 1. The van der Waals surface area contributed by atoms with E-state index in [-0.39, 0.29) is 28.8 Å². The molecule has 4 nitrogen and oxygen atoms in total.